The number of hydrogen-bond acceptors (Lipinski definition) is 3. The zero-order chi connectivity index (χ0) is 12.3. The minimum atomic E-state index is -0.0727. The van der Waals surface area contributed by atoms with Crippen LogP contribution in [0.3, 0.4) is 0 Å². The highest BCUT2D eigenvalue weighted by atomic mass is 16.5. The van der Waals surface area contributed by atoms with E-state index in [2.05, 4.69) is 0 Å². The molecule has 1 heterocycles. The van der Waals surface area contributed by atoms with Crippen molar-refractivity contribution in [3.8, 4) is 11.3 Å². The van der Waals surface area contributed by atoms with Gasteiger partial charge >= 0.3 is 0 Å². The summed E-state index contributed by atoms with van der Waals surface area (Å²) >= 11 is 0. The number of hydrogen-bond donors (Lipinski definition) is 1. The molecule has 2 rings (SSSR count). The molecule has 0 aliphatic rings. The van der Waals surface area contributed by atoms with Crippen LogP contribution in [0.15, 0.2) is 40.8 Å². The molecule has 0 amide bonds. The fourth-order valence-electron chi connectivity index (χ4n) is 1.68. The van der Waals surface area contributed by atoms with E-state index in [1.54, 1.807) is 7.11 Å². The second-order valence-corrected chi connectivity index (χ2v) is 4.12. The van der Waals surface area contributed by atoms with Crippen molar-refractivity contribution in [1.29, 1.82) is 0 Å². The van der Waals surface area contributed by atoms with E-state index in [-0.39, 0.29) is 6.04 Å². The second kappa shape index (κ2) is 5.17. The van der Waals surface area contributed by atoms with Gasteiger partial charge in [-0.25, -0.2) is 0 Å². The molecule has 1 aromatic heterocycles. The van der Waals surface area contributed by atoms with Gasteiger partial charge in [0.15, 0.2) is 0 Å². The summed E-state index contributed by atoms with van der Waals surface area (Å²) in [6, 6.07) is 11.9. The van der Waals surface area contributed by atoms with E-state index in [1.165, 1.54) is 0 Å². The van der Waals surface area contributed by atoms with Crippen molar-refractivity contribution in [2.75, 3.05) is 7.11 Å². The van der Waals surface area contributed by atoms with E-state index < -0.39 is 0 Å². The van der Waals surface area contributed by atoms with Crippen molar-refractivity contribution in [1.82, 2.24) is 0 Å². The largest absolute Gasteiger partial charge is 0.459 e. The predicted molar refractivity (Wildman–Crippen MR) is 67.5 cm³/mol. The molecule has 0 fully saturated rings. The molecule has 0 bridgehead atoms. The zero-order valence-electron chi connectivity index (χ0n) is 10.1. The average Bonchev–Trinajstić information content (AvgIpc) is 2.80. The molecule has 0 aliphatic carbocycles. The van der Waals surface area contributed by atoms with E-state index in [4.69, 9.17) is 14.9 Å². The van der Waals surface area contributed by atoms with Gasteiger partial charge in [0, 0.05) is 12.7 Å². The normalized spacial score (nSPS) is 12.6. The molecule has 0 radical (unpaired) electrons. The number of ether oxygens (including phenoxy) is 1. The van der Waals surface area contributed by atoms with Crippen LogP contribution < -0.4 is 5.73 Å². The predicted octanol–water partition coefficient (Wildman–Crippen LogP) is 3.11. The lowest BCUT2D eigenvalue weighted by Crippen LogP contribution is -2.02. The van der Waals surface area contributed by atoms with Gasteiger partial charge in [-0.05, 0) is 24.6 Å². The molecule has 0 aliphatic heterocycles. The first kappa shape index (κ1) is 11.9. The monoisotopic (exact) mass is 231 g/mol. The van der Waals surface area contributed by atoms with E-state index in [9.17, 15) is 0 Å². The minimum Gasteiger partial charge on any atom is -0.459 e. The maximum atomic E-state index is 5.76. The van der Waals surface area contributed by atoms with Gasteiger partial charge in [0.25, 0.3) is 0 Å². The Bertz CT molecular complexity index is 471. The zero-order valence-corrected chi connectivity index (χ0v) is 10.1. The minimum absolute atomic E-state index is 0.0727. The Kier molecular flexibility index (Phi) is 3.61. The van der Waals surface area contributed by atoms with Crippen molar-refractivity contribution in [3.05, 3.63) is 47.7 Å². The number of methoxy groups -OCH3 is 1. The summed E-state index contributed by atoms with van der Waals surface area (Å²) in [4.78, 5) is 0. The molecule has 2 aromatic rings. The van der Waals surface area contributed by atoms with E-state index in [1.807, 2.05) is 43.3 Å². The quantitative estimate of drug-likeness (QED) is 0.879. The summed E-state index contributed by atoms with van der Waals surface area (Å²) in [6.07, 6.45) is 0. The van der Waals surface area contributed by atoms with Gasteiger partial charge in [0.1, 0.15) is 11.5 Å². The van der Waals surface area contributed by atoms with Crippen LogP contribution in [0.25, 0.3) is 11.3 Å². The van der Waals surface area contributed by atoms with Gasteiger partial charge in [0.05, 0.1) is 12.6 Å². The molecule has 3 heteroatoms. The first-order chi connectivity index (χ1) is 8.20. The second-order valence-electron chi connectivity index (χ2n) is 4.12. The lowest BCUT2D eigenvalue weighted by Gasteiger charge is -2.02. The van der Waals surface area contributed by atoms with Crippen LogP contribution in [-0.4, -0.2) is 7.11 Å². The van der Waals surface area contributed by atoms with Crippen molar-refractivity contribution in [2.45, 2.75) is 19.6 Å². The molecule has 17 heavy (non-hydrogen) atoms. The number of furan rings is 1. The molecule has 0 spiro atoms. The summed E-state index contributed by atoms with van der Waals surface area (Å²) in [5, 5.41) is 0. The van der Waals surface area contributed by atoms with Crippen LogP contribution >= 0.6 is 0 Å². The summed E-state index contributed by atoms with van der Waals surface area (Å²) in [7, 11) is 1.69. The first-order valence-electron chi connectivity index (χ1n) is 5.64. The molecule has 90 valence electrons. The van der Waals surface area contributed by atoms with Gasteiger partial charge in [-0.2, -0.15) is 0 Å². The third kappa shape index (κ3) is 2.75. The van der Waals surface area contributed by atoms with E-state index in [0.717, 1.165) is 22.6 Å². The summed E-state index contributed by atoms with van der Waals surface area (Å²) in [6.45, 7) is 2.54. The summed E-state index contributed by atoms with van der Waals surface area (Å²) in [5.74, 6) is 1.65. The third-order valence-electron chi connectivity index (χ3n) is 2.63. The van der Waals surface area contributed by atoms with Crippen LogP contribution in [0.1, 0.15) is 24.3 Å². The molecular formula is C14H17NO2. The van der Waals surface area contributed by atoms with Crippen LogP contribution in [0.2, 0.25) is 0 Å². The van der Waals surface area contributed by atoms with Crippen molar-refractivity contribution >= 4 is 0 Å². The molecule has 0 saturated carbocycles. The Labute approximate surface area is 101 Å². The molecule has 0 saturated heterocycles. The number of benzene rings is 1. The Balaban J connectivity index is 2.21. The third-order valence-corrected chi connectivity index (χ3v) is 2.63. The topological polar surface area (TPSA) is 48.4 Å². The summed E-state index contributed by atoms with van der Waals surface area (Å²) in [5.41, 5.74) is 7.96. The molecule has 1 aromatic carbocycles. The van der Waals surface area contributed by atoms with Crippen molar-refractivity contribution in [2.24, 2.45) is 5.73 Å². The summed E-state index contributed by atoms with van der Waals surface area (Å²) < 4.78 is 10.7. The Morgan fingerprint density at radius 3 is 2.41 bits per heavy atom. The van der Waals surface area contributed by atoms with Gasteiger partial charge in [-0.3, -0.25) is 0 Å². The Morgan fingerprint density at radius 1 is 1.18 bits per heavy atom. The van der Waals surface area contributed by atoms with Gasteiger partial charge in [-0.1, -0.05) is 24.3 Å². The molecule has 1 unspecified atom stereocenters. The number of rotatable bonds is 4. The van der Waals surface area contributed by atoms with Crippen molar-refractivity contribution < 1.29 is 9.15 Å². The molecule has 3 nitrogen and oxygen atoms in total. The average molecular weight is 231 g/mol. The number of nitrogens with two attached hydrogens (primary N) is 1. The maximum Gasteiger partial charge on any atom is 0.134 e. The first-order valence-corrected chi connectivity index (χ1v) is 5.64. The Hall–Kier alpha value is -1.58. The molecular weight excluding hydrogens is 214 g/mol. The standard InChI is InChI=1S/C14H17NO2/c1-10(15)13-7-8-14(17-13)12-5-3-11(4-6-12)9-16-2/h3-8,10H,9,15H2,1-2H3. The molecule has 1 atom stereocenters. The van der Waals surface area contributed by atoms with Crippen LogP contribution in [0.4, 0.5) is 0 Å². The van der Waals surface area contributed by atoms with Gasteiger partial charge in [0.2, 0.25) is 0 Å². The van der Waals surface area contributed by atoms with E-state index in [0.29, 0.717) is 6.61 Å². The maximum absolute atomic E-state index is 5.76. The molecule has 2 N–H and O–H groups in total. The lowest BCUT2D eigenvalue weighted by molar-refractivity contribution is 0.185. The van der Waals surface area contributed by atoms with Crippen LogP contribution in [0.5, 0.6) is 0 Å². The highest BCUT2D eigenvalue weighted by Gasteiger charge is 2.07. The van der Waals surface area contributed by atoms with Crippen LogP contribution in [0, 0.1) is 0 Å². The van der Waals surface area contributed by atoms with Crippen LogP contribution in [-0.2, 0) is 11.3 Å². The smallest absolute Gasteiger partial charge is 0.134 e. The van der Waals surface area contributed by atoms with Crippen molar-refractivity contribution in [3.63, 3.8) is 0 Å². The fourth-order valence-corrected chi connectivity index (χ4v) is 1.68. The SMILES string of the molecule is COCc1ccc(-c2ccc(C(C)N)o2)cc1. The highest BCUT2D eigenvalue weighted by Crippen LogP contribution is 2.24. The highest BCUT2D eigenvalue weighted by molar-refractivity contribution is 5.58. The van der Waals surface area contributed by atoms with Gasteiger partial charge < -0.3 is 14.9 Å². The van der Waals surface area contributed by atoms with Gasteiger partial charge in [-0.15, -0.1) is 0 Å². The Morgan fingerprint density at radius 2 is 1.88 bits per heavy atom. The van der Waals surface area contributed by atoms with E-state index >= 15 is 0 Å². The fraction of sp³-hybridized carbons (Fsp3) is 0.286. The lowest BCUT2D eigenvalue weighted by atomic mass is 10.1.